The maximum atomic E-state index is 12.2. The Bertz CT molecular complexity index is 483. The van der Waals surface area contributed by atoms with Gasteiger partial charge in [-0.25, -0.2) is 0 Å². The highest BCUT2D eigenvalue weighted by atomic mass is 16.5. The van der Waals surface area contributed by atoms with Gasteiger partial charge in [0.2, 0.25) is 17.7 Å². The third-order valence-electron chi connectivity index (χ3n) is 3.06. The van der Waals surface area contributed by atoms with E-state index in [1.807, 2.05) is 13.8 Å². The normalized spacial score (nSPS) is 20.0. The van der Waals surface area contributed by atoms with E-state index in [1.54, 1.807) is 11.8 Å². The molecule has 1 N–H and O–H groups in total. The standard InChI is InChI=1S/C12H18N4O3/c1-7(2)11-12(18)16(6-9(17)14-11)5-4-10-13-8(3)15-19-10/h7,11H,4-6H2,1-3H3,(H,14,17). The molecule has 0 spiro atoms. The van der Waals surface area contributed by atoms with Crippen LogP contribution in [0.4, 0.5) is 0 Å². The second-order valence-corrected chi connectivity index (χ2v) is 5.03. The highest BCUT2D eigenvalue weighted by Crippen LogP contribution is 2.11. The summed E-state index contributed by atoms with van der Waals surface area (Å²) in [6.45, 7) is 6.06. The fourth-order valence-corrected chi connectivity index (χ4v) is 2.04. The first-order valence-electron chi connectivity index (χ1n) is 6.34. The lowest BCUT2D eigenvalue weighted by Gasteiger charge is -2.34. The molecule has 1 saturated heterocycles. The van der Waals surface area contributed by atoms with E-state index in [-0.39, 0.29) is 24.3 Å². The molecule has 2 amide bonds. The average molecular weight is 266 g/mol. The van der Waals surface area contributed by atoms with Crippen LogP contribution in [-0.4, -0.2) is 46.0 Å². The average Bonchev–Trinajstić information content (AvgIpc) is 2.75. The lowest BCUT2D eigenvalue weighted by Crippen LogP contribution is -2.60. The van der Waals surface area contributed by atoms with Gasteiger partial charge in [0.15, 0.2) is 5.82 Å². The topological polar surface area (TPSA) is 88.3 Å². The van der Waals surface area contributed by atoms with Gasteiger partial charge in [-0.1, -0.05) is 19.0 Å². The number of amides is 2. The van der Waals surface area contributed by atoms with Gasteiger partial charge in [0, 0.05) is 13.0 Å². The molecule has 104 valence electrons. The Labute approximate surface area is 111 Å². The minimum atomic E-state index is -0.439. The SMILES string of the molecule is Cc1noc(CCN2CC(=O)NC(C(C)C)C2=O)n1. The number of hydrogen-bond donors (Lipinski definition) is 1. The number of nitrogens with one attached hydrogen (secondary N) is 1. The van der Waals surface area contributed by atoms with Gasteiger partial charge in [-0.3, -0.25) is 9.59 Å². The van der Waals surface area contributed by atoms with Gasteiger partial charge in [-0.15, -0.1) is 0 Å². The van der Waals surface area contributed by atoms with Gasteiger partial charge in [0.05, 0.1) is 6.54 Å². The Morgan fingerprint density at radius 1 is 1.47 bits per heavy atom. The molecule has 1 aromatic rings. The van der Waals surface area contributed by atoms with Crippen molar-refractivity contribution in [2.24, 2.45) is 5.92 Å². The van der Waals surface area contributed by atoms with Gasteiger partial charge >= 0.3 is 0 Å². The number of rotatable bonds is 4. The third kappa shape index (κ3) is 3.10. The molecule has 7 nitrogen and oxygen atoms in total. The first kappa shape index (κ1) is 13.5. The smallest absolute Gasteiger partial charge is 0.245 e. The van der Waals surface area contributed by atoms with Crippen molar-refractivity contribution >= 4 is 11.8 Å². The Morgan fingerprint density at radius 2 is 2.21 bits per heavy atom. The van der Waals surface area contributed by atoms with Crippen LogP contribution in [0.5, 0.6) is 0 Å². The van der Waals surface area contributed by atoms with Crippen molar-refractivity contribution < 1.29 is 14.1 Å². The summed E-state index contributed by atoms with van der Waals surface area (Å²) in [5.74, 6) is 0.950. The molecule has 0 bridgehead atoms. The lowest BCUT2D eigenvalue weighted by atomic mass is 10.0. The van der Waals surface area contributed by atoms with Crippen LogP contribution < -0.4 is 5.32 Å². The maximum absolute atomic E-state index is 12.2. The minimum absolute atomic E-state index is 0.0502. The van der Waals surface area contributed by atoms with E-state index in [0.29, 0.717) is 24.7 Å². The summed E-state index contributed by atoms with van der Waals surface area (Å²) in [4.78, 5) is 29.4. The lowest BCUT2D eigenvalue weighted by molar-refractivity contribution is -0.145. The molecule has 1 aliphatic rings. The van der Waals surface area contributed by atoms with Gasteiger partial charge < -0.3 is 14.7 Å². The van der Waals surface area contributed by atoms with Crippen LogP contribution in [0.3, 0.4) is 0 Å². The maximum Gasteiger partial charge on any atom is 0.245 e. The molecule has 0 aromatic carbocycles. The minimum Gasteiger partial charge on any atom is -0.343 e. The molecule has 7 heteroatoms. The Morgan fingerprint density at radius 3 is 2.79 bits per heavy atom. The molecule has 0 saturated carbocycles. The summed E-state index contributed by atoms with van der Waals surface area (Å²) in [6, 6.07) is -0.439. The zero-order valence-corrected chi connectivity index (χ0v) is 11.3. The Hall–Kier alpha value is -1.92. The van der Waals surface area contributed by atoms with E-state index < -0.39 is 6.04 Å². The number of carbonyl (C=O) groups excluding carboxylic acids is 2. The number of carbonyl (C=O) groups is 2. The van der Waals surface area contributed by atoms with E-state index in [9.17, 15) is 9.59 Å². The highest BCUT2D eigenvalue weighted by Gasteiger charge is 2.34. The van der Waals surface area contributed by atoms with E-state index in [4.69, 9.17) is 4.52 Å². The fraction of sp³-hybridized carbons (Fsp3) is 0.667. The van der Waals surface area contributed by atoms with Crippen LogP contribution in [0, 0.1) is 12.8 Å². The predicted molar refractivity (Wildman–Crippen MR) is 66.1 cm³/mol. The largest absolute Gasteiger partial charge is 0.343 e. The monoisotopic (exact) mass is 266 g/mol. The highest BCUT2D eigenvalue weighted by molar-refractivity contribution is 5.94. The number of nitrogens with zero attached hydrogens (tertiary/aromatic N) is 3. The van der Waals surface area contributed by atoms with Crippen molar-refractivity contribution in [1.29, 1.82) is 0 Å². The van der Waals surface area contributed by atoms with Crippen LogP contribution in [0.1, 0.15) is 25.6 Å². The Kier molecular flexibility index (Phi) is 3.82. The molecule has 1 unspecified atom stereocenters. The van der Waals surface area contributed by atoms with E-state index >= 15 is 0 Å². The van der Waals surface area contributed by atoms with Gasteiger partial charge in [-0.05, 0) is 12.8 Å². The van der Waals surface area contributed by atoms with E-state index in [2.05, 4.69) is 15.5 Å². The van der Waals surface area contributed by atoms with Crippen molar-refractivity contribution in [3.63, 3.8) is 0 Å². The summed E-state index contributed by atoms with van der Waals surface area (Å²) >= 11 is 0. The van der Waals surface area contributed by atoms with Crippen LogP contribution in [0.25, 0.3) is 0 Å². The fourth-order valence-electron chi connectivity index (χ4n) is 2.04. The first-order chi connectivity index (χ1) is 8.97. The molecular weight excluding hydrogens is 248 g/mol. The van der Waals surface area contributed by atoms with Crippen LogP contribution in [0.15, 0.2) is 4.52 Å². The summed E-state index contributed by atoms with van der Waals surface area (Å²) < 4.78 is 4.99. The first-order valence-corrected chi connectivity index (χ1v) is 6.34. The zero-order chi connectivity index (χ0) is 14.0. The van der Waals surface area contributed by atoms with Crippen molar-refractivity contribution in [3.05, 3.63) is 11.7 Å². The summed E-state index contributed by atoms with van der Waals surface area (Å²) in [7, 11) is 0. The quantitative estimate of drug-likeness (QED) is 0.822. The van der Waals surface area contributed by atoms with Gasteiger partial charge in [-0.2, -0.15) is 4.98 Å². The number of piperazine rings is 1. The second-order valence-electron chi connectivity index (χ2n) is 5.03. The summed E-state index contributed by atoms with van der Waals surface area (Å²) in [6.07, 6.45) is 0.463. The summed E-state index contributed by atoms with van der Waals surface area (Å²) in [5.41, 5.74) is 0. The van der Waals surface area contributed by atoms with Crippen molar-refractivity contribution in [1.82, 2.24) is 20.4 Å². The molecule has 0 aliphatic carbocycles. The Balaban J connectivity index is 1.98. The molecule has 1 fully saturated rings. The number of aromatic nitrogens is 2. The molecule has 1 aromatic heterocycles. The molecular formula is C12H18N4O3. The second kappa shape index (κ2) is 5.38. The van der Waals surface area contributed by atoms with Crippen LogP contribution >= 0.6 is 0 Å². The van der Waals surface area contributed by atoms with E-state index in [0.717, 1.165) is 0 Å². The molecule has 0 radical (unpaired) electrons. The van der Waals surface area contributed by atoms with Gasteiger partial charge in [0.1, 0.15) is 6.04 Å². The van der Waals surface area contributed by atoms with Crippen molar-refractivity contribution in [2.45, 2.75) is 33.2 Å². The molecule has 1 aliphatic heterocycles. The third-order valence-corrected chi connectivity index (χ3v) is 3.06. The summed E-state index contributed by atoms with van der Waals surface area (Å²) in [5, 5.41) is 6.40. The predicted octanol–water partition coefficient (Wildman–Crippen LogP) is -0.0965. The van der Waals surface area contributed by atoms with Gasteiger partial charge in [0.25, 0.3) is 0 Å². The molecule has 2 rings (SSSR count). The molecule has 2 heterocycles. The zero-order valence-electron chi connectivity index (χ0n) is 11.3. The van der Waals surface area contributed by atoms with Crippen molar-refractivity contribution in [2.75, 3.05) is 13.1 Å². The van der Waals surface area contributed by atoms with Crippen LogP contribution in [-0.2, 0) is 16.0 Å². The number of aryl methyl sites for hydroxylation is 1. The molecule has 19 heavy (non-hydrogen) atoms. The molecule has 1 atom stereocenters. The van der Waals surface area contributed by atoms with E-state index in [1.165, 1.54) is 0 Å². The van der Waals surface area contributed by atoms with Crippen LogP contribution in [0.2, 0.25) is 0 Å². The van der Waals surface area contributed by atoms with Crippen molar-refractivity contribution in [3.8, 4) is 0 Å². The number of hydrogen-bond acceptors (Lipinski definition) is 5.